The smallest absolute Gasteiger partial charge is 0.341 e. The lowest BCUT2D eigenvalue weighted by atomic mass is 10.1. The van der Waals surface area contributed by atoms with Gasteiger partial charge in [-0.1, -0.05) is 31.5 Å². The quantitative estimate of drug-likeness (QED) is 0.139. The van der Waals surface area contributed by atoms with Gasteiger partial charge in [-0.05, 0) is 56.7 Å². The van der Waals surface area contributed by atoms with Gasteiger partial charge in [-0.3, -0.25) is 9.59 Å². The van der Waals surface area contributed by atoms with E-state index in [4.69, 9.17) is 14.2 Å². The van der Waals surface area contributed by atoms with Crippen LogP contribution in [0.25, 0.3) is 0 Å². The number of nitrogens with zero attached hydrogens (tertiary/aromatic N) is 3. The molecular formula is C30H39N5O6S2. The fraction of sp³-hybridized carbons (Fsp3) is 0.500. The van der Waals surface area contributed by atoms with Crippen LogP contribution in [0.2, 0.25) is 0 Å². The summed E-state index contributed by atoms with van der Waals surface area (Å²) in [5, 5.41) is 15.6. The highest BCUT2D eigenvalue weighted by atomic mass is 32.2. The van der Waals surface area contributed by atoms with Crippen LogP contribution in [0.5, 0.6) is 11.5 Å². The highest BCUT2D eigenvalue weighted by Crippen LogP contribution is 2.38. The summed E-state index contributed by atoms with van der Waals surface area (Å²) in [6.45, 7) is 4.95. The first-order valence-corrected chi connectivity index (χ1v) is 16.4. The van der Waals surface area contributed by atoms with E-state index in [-0.39, 0.29) is 36.7 Å². The second kappa shape index (κ2) is 15.8. The first-order chi connectivity index (χ1) is 20.9. The molecule has 1 aliphatic rings. The number of ether oxygens (including phenoxy) is 3. The Morgan fingerprint density at radius 1 is 1.02 bits per heavy atom. The zero-order valence-electron chi connectivity index (χ0n) is 25.1. The summed E-state index contributed by atoms with van der Waals surface area (Å²) in [5.74, 6) is 0.779. The fourth-order valence-electron chi connectivity index (χ4n) is 4.84. The highest BCUT2D eigenvalue weighted by molar-refractivity contribution is 7.99. The minimum absolute atomic E-state index is 0.0883. The third-order valence-corrected chi connectivity index (χ3v) is 9.21. The van der Waals surface area contributed by atoms with E-state index < -0.39 is 0 Å². The van der Waals surface area contributed by atoms with Crippen molar-refractivity contribution in [1.29, 1.82) is 0 Å². The van der Waals surface area contributed by atoms with Gasteiger partial charge in [0.2, 0.25) is 5.91 Å². The van der Waals surface area contributed by atoms with Crippen LogP contribution in [0.15, 0.2) is 23.4 Å². The van der Waals surface area contributed by atoms with Gasteiger partial charge < -0.3 is 29.4 Å². The zero-order chi connectivity index (χ0) is 30.8. The number of aromatic nitrogens is 3. The number of methoxy groups -OCH3 is 2. The van der Waals surface area contributed by atoms with E-state index in [1.54, 1.807) is 25.1 Å². The average Bonchev–Trinajstić information content (AvgIpc) is 3.48. The van der Waals surface area contributed by atoms with Crippen molar-refractivity contribution >= 4 is 45.9 Å². The Labute approximate surface area is 260 Å². The summed E-state index contributed by atoms with van der Waals surface area (Å²) in [4.78, 5) is 40.0. The summed E-state index contributed by atoms with van der Waals surface area (Å²) >= 11 is 2.75. The number of esters is 1. The van der Waals surface area contributed by atoms with Crippen LogP contribution >= 0.6 is 23.1 Å². The molecule has 11 nitrogen and oxygen atoms in total. The minimum atomic E-state index is -0.386. The normalized spacial score (nSPS) is 12.7. The number of amides is 2. The van der Waals surface area contributed by atoms with Gasteiger partial charge in [0, 0.05) is 23.1 Å². The number of hydrogen-bond acceptors (Lipinski definition) is 10. The van der Waals surface area contributed by atoms with Crippen molar-refractivity contribution in [2.75, 3.05) is 31.9 Å². The predicted molar refractivity (Wildman–Crippen MR) is 167 cm³/mol. The van der Waals surface area contributed by atoms with Gasteiger partial charge in [0.15, 0.2) is 11.0 Å². The topological polar surface area (TPSA) is 134 Å². The Balaban J connectivity index is 1.44. The number of aryl methyl sites for hydroxylation is 1. The number of benzene rings is 1. The molecule has 1 aromatic carbocycles. The Bertz CT molecular complexity index is 1410. The van der Waals surface area contributed by atoms with Crippen molar-refractivity contribution in [2.24, 2.45) is 0 Å². The molecule has 13 heteroatoms. The van der Waals surface area contributed by atoms with E-state index in [0.717, 1.165) is 55.4 Å². The van der Waals surface area contributed by atoms with Crippen LogP contribution in [0.1, 0.15) is 82.9 Å². The summed E-state index contributed by atoms with van der Waals surface area (Å²) in [5.41, 5.74) is 1.91. The molecule has 0 bridgehead atoms. The van der Waals surface area contributed by atoms with Gasteiger partial charge in [0.1, 0.15) is 16.5 Å². The van der Waals surface area contributed by atoms with Crippen LogP contribution in [-0.2, 0) is 35.5 Å². The van der Waals surface area contributed by atoms with Crippen LogP contribution < -0.4 is 20.1 Å². The van der Waals surface area contributed by atoms with Crippen molar-refractivity contribution < 1.29 is 28.6 Å². The van der Waals surface area contributed by atoms with E-state index in [1.165, 1.54) is 37.3 Å². The number of anilines is 1. The monoisotopic (exact) mass is 629 g/mol. The zero-order valence-corrected chi connectivity index (χ0v) is 26.8. The van der Waals surface area contributed by atoms with Crippen molar-refractivity contribution in [3.8, 4) is 11.5 Å². The van der Waals surface area contributed by atoms with Gasteiger partial charge in [-0.25, -0.2) is 4.79 Å². The molecule has 232 valence electrons. The second-order valence-corrected chi connectivity index (χ2v) is 12.1. The van der Waals surface area contributed by atoms with Crippen molar-refractivity contribution in [3.63, 3.8) is 0 Å². The fourth-order valence-corrected chi connectivity index (χ4v) is 6.92. The summed E-state index contributed by atoms with van der Waals surface area (Å²) in [6.07, 6.45) is 6.78. The molecule has 0 unspecified atom stereocenters. The standard InChI is InChI=1S/C30H39N5O6S2/c1-5-7-13-35-24(17-31-27(37)19-14-20(39-3)16-21(15-19)40-4)33-34-30(35)42-18-25(36)32-28-26(29(38)41-6-2)22-11-9-8-10-12-23(22)43-28/h14-16H,5-13,17-18H2,1-4H3,(H,31,37)(H,32,36). The highest BCUT2D eigenvalue weighted by Gasteiger charge is 2.27. The lowest BCUT2D eigenvalue weighted by Gasteiger charge is -2.12. The molecule has 0 atom stereocenters. The maximum Gasteiger partial charge on any atom is 0.341 e. The predicted octanol–water partition coefficient (Wildman–Crippen LogP) is 5.26. The van der Waals surface area contributed by atoms with Gasteiger partial charge in [0.25, 0.3) is 5.91 Å². The molecule has 2 N–H and O–H groups in total. The van der Waals surface area contributed by atoms with E-state index in [1.807, 2.05) is 4.57 Å². The molecular weight excluding hydrogens is 590 g/mol. The number of rotatable bonds is 14. The van der Waals surface area contributed by atoms with E-state index in [9.17, 15) is 14.4 Å². The first kappa shape index (κ1) is 32.3. The maximum atomic E-state index is 13.1. The Morgan fingerprint density at radius 2 is 1.77 bits per heavy atom. The number of unbranched alkanes of at least 4 members (excludes halogenated alkanes) is 1. The molecule has 0 aliphatic heterocycles. The summed E-state index contributed by atoms with van der Waals surface area (Å²) < 4.78 is 17.8. The SMILES string of the molecule is CCCCn1c(CNC(=O)c2cc(OC)cc(OC)c2)nnc1SCC(=O)Nc1sc2c(c1C(=O)OCC)CCCCC2. The lowest BCUT2D eigenvalue weighted by Crippen LogP contribution is -2.25. The van der Waals surface area contributed by atoms with Crippen molar-refractivity contribution in [3.05, 3.63) is 45.6 Å². The molecule has 0 spiro atoms. The third-order valence-electron chi connectivity index (χ3n) is 7.04. The van der Waals surface area contributed by atoms with Gasteiger partial charge in [0.05, 0.1) is 38.7 Å². The Kier molecular flexibility index (Phi) is 11.9. The van der Waals surface area contributed by atoms with Gasteiger partial charge >= 0.3 is 5.97 Å². The molecule has 0 radical (unpaired) electrons. The van der Waals surface area contributed by atoms with E-state index in [2.05, 4.69) is 27.8 Å². The lowest BCUT2D eigenvalue weighted by molar-refractivity contribution is -0.113. The number of carbonyl (C=O) groups excluding carboxylic acids is 3. The Hall–Kier alpha value is -3.58. The molecule has 2 aromatic heterocycles. The van der Waals surface area contributed by atoms with E-state index >= 15 is 0 Å². The number of fused-ring (bicyclic) bond motifs is 1. The molecule has 43 heavy (non-hydrogen) atoms. The Morgan fingerprint density at radius 3 is 2.47 bits per heavy atom. The second-order valence-electron chi connectivity index (χ2n) is 10.0. The number of hydrogen-bond donors (Lipinski definition) is 2. The summed E-state index contributed by atoms with van der Waals surface area (Å²) in [7, 11) is 3.06. The van der Waals surface area contributed by atoms with E-state index in [0.29, 0.717) is 45.2 Å². The number of nitrogens with one attached hydrogen (secondary N) is 2. The summed E-state index contributed by atoms with van der Waals surface area (Å²) in [6, 6.07) is 4.97. The van der Waals surface area contributed by atoms with Crippen molar-refractivity contribution in [2.45, 2.75) is 77.0 Å². The molecule has 3 aromatic rings. The molecule has 4 rings (SSSR count). The number of thiophene rings is 1. The van der Waals surface area contributed by atoms with Gasteiger partial charge in [-0.15, -0.1) is 21.5 Å². The van der Waals surface area contributed by atoms with Crippen LogP contribution in [0.4, 0.5) is 5.00 Å². The van der Waals surface area contributed by atoms with Crippen LogP contribution in [0.3, 0.4) is 0 Å². The molecule has 1 aliphatic carbocycles. The molecule has 2 amide bonds. The third kappa shape index (κ3) is 8.29. The minimum Gasteiger partial charge on any atom is -0.497 e. The molecule has 0 saturated carbocycles. The average molecular weight is 630 g/mol. The number of thioether (sulfide) groups is 1. The largest absolute Gasteiger partial charge is 0.497 e. The first-order valence-electron chi connectivity index (χ1n) is 14.6. The molecule has 2 heterocycles. The number of carbonyl (C=O) groups is 3. The van der Waals surface area contributed by atoms with Crippen molar-refractivity contribution in [1.82, 2.24) is 20.1 Å². The molecule has 0 fully saturated rings. The van der Waals surface area contributed by atoms with Crippen LogP contribution in [0, 0.1) is 0 Å². The maximum absolute atomic E-state index is 13.1. The molecule has 0 saturated heterocycles. The van der Waals surface area contributed by atoms with Gasteiger partial charge in [-0.2, -0.15) is 0 Å². The van der Waals surface area contributed by atoms with Crippen LogP contribution in [-0.4, -0.2) is 59.1 Å².